The molecule has 0 atom stereocenters. The number of rotatable bonds is 8. The molecule has 0 unspecified atom stereocenters. The molecule has 0 amide bonds. The van der Waals surface area contributed by atoms with Gasteiger partial charge in [0, 0.05) is 16.7 Å². The van der Waals surface area contributed by atoms with Gasteiger partial charge < -0.3 is 4.74 Å². The molecular formula is C47H29N5O. The molecule has 0 fully saturated rings. The number of aromatic nitrogens is 3. The van der Waals surface area contributed by atoms with E-state index in [1.54, 1.807) is 12.1 Å². The molecular weight excluding hydrogens is 651 g/mol. The zero-order valence-corrected chi connectivity index (χ0v) is 28.4. The van der Waals surface area contributed by atoms with E-state index in [0.717, 1.165) is 50.1 Å². The summed E-state index contributed by atoms with van der Waals surface area (Å²) in [5.41, 5.74) is 9.74. The molecule has 0 saturated heterocycles. The van der Waals surface area contributed by atoms with Crippen molar-refractivity contribution >= 4 is 5.69 Å². The average molecular weight is 680 g/mol. The molecule has 0 bridgehead atoms. The van der Waals surface area contributed by atoms with Crippen molar-refractivity contribution in [2.45, 2.75) is 0 Å². The van der Waals surface area contributed by atoms with Crippen LogP contribution in [0.4, 0.5) is 5.69 Å². The molecule has 0 aliphatic heterocycles. The first kappa shape index (κ1) is 32.5. The summed E-state index contributed by atoms with van der Waals surface area (Å²) in [5.74, 6) is 3.18. The standard InChI is InChI=1S/C47H29N5O/c1-49-42-17-9-16-38(30-42)41-28-39(27-40(29-41)37-15-8-10-32(26-37)31-48)33-18-22-43(23-19-33)53-44-24-20-36(21-25-44)47-51-45(34-11-4-2-5-12-34)50-46(52-47)35-13-6-3-7-14-35/h2-30H. The molecule has 0 N–H and O–H groups in total. The molecule has 8 rings (SSSR count). The Morgan fingerprint density at radius 2 is 0.849 bits per heavy atom. The van der Waals surface area contributed by atoms with Gasteiger partial charge in [0.05, 0.1) is 18.2 Å². The lowest BCUT2D eigenvalue weighted by Crippen LogP contribution is -2.00. The number of hydrogen-bond acceptors (Lipinski definition) is 5. The summed E-state index contributed by atoms with van der Waals surface area (Å²) in [6.45, 7) is 7.50. The van der Waals surface area contributed by atoms with E-state index in [4.69, 9.17) is 26.3 Å². The van der Waals surface area contributed by atoms with E-state index in [2.05, 4.69) is 29.1 Å². The van der Waals surface area contributed by atoms with Crippen molar-refractivity contribution < 1.29 is 4.74 Å². The third-order valence-electron chi connectivity index (χ3n) is 8.80. The first-order chi connectivity index (χ1) is 26.1. The van der Waals surface area contributed by atoms with Gasteiger partial charge in [0.2, 0.25) is 0 Å². The summed E-state index contributed by atoms with van der Waals surface area (Å²) in [5, 5.41) is 9.53. The quantitative estimate of drug-likeness (QED) is 0.149. The predicted molar refractivity (Wildman–Crippen MR) is 210 cm³/mol. The van der Waals surface area contributed by atoms with E-state index in [1.807, 2.05) is 146 Å². The molecule has 7 aromatic carbocycles. The lowest BCUT2D eigenvalue weighted by molar-refractivity contribution is 0.483. The third-order valence-corrected chi connectivity index (χ3v) is 8.80. The monoisotopic (exact) mass is 679 g/mol. The Balaban J connectivity index is 1.07. The summed E-state index contributed by atoms with van der Waals surface area (Å²) >= 11 is 0. The van der Waals surface area contributed by atoms with Crippen LogP contribution < -0.4 is 4.74 Å². The first-order valence-electron chi connectivity index (χ1n) is 17.0. The normalized spacial score (nSPS) is 10.6. The maximum atomic E-state index is 9.53. The van der Waals surface area contributed by atoms with E-state index in [0.29, 0.717) is 40.2 Å². The van der Waals surface area contributed by atoms with Gasteiger partial charge in [-0.1, -0.05) is 103 Å². The van der Waals surface area contributed by atoms with Crippen LogP contribution in [0.25, 0.3) is 72.4 Å². The van der Waals surface area contributed by atoms with Crippen LogP contribution in [-0.4, -0.2) is 15.0 Å². The third kappa shape index (κ3) is 7.30. The second-order valence-corrected chi connectivity index (χ2v) is 12.3. The Hall–Kier alpha value is -7.67. The van der Waals surface area contributed by atoms with Crippen LogP contribution in [0.3, 0.4) is 0 Å². The Bertz CT molecular complexity index is 2510. The maximum absolute atomic E-state index is 9.53. The van der Waals surface area contributed by atoms with E-state index in [-0.39, 0.29) is 0 Å². The lowest BCUT2D eigenvalue weighted by Gasteiger charge is -2.13. The SMILES string of the molecule is [C-]#[N+]c1cccc(-c2cc(-c3ccc(Oc4ccc(-c5nc(-c6ccccc6)nc(-c6ccccc6)n5)cc4)cc3)cc(-c3cccc(C#N)c3)c2)c1. The summed E-state index contributed by atoms with van der Waals surface area (Å²) in [6, 6.07) is 59.4. The summed E-state index contributed by atoms with van der Waals surface area (Å²) in [7, 11) is 0. The Labute approximate surface area is 307 Å². The van der Waals surface area contributed by atoms with Crippen LogP contribution in [0.15, 0.2) is 176 Å². The van der Waals surface area contributed by atoms with Crippen molar-refractivity contribution in [3.63, 3.8) is 0 Å². The van der Waals surface area contributed by atoms with Crippen molar-refractivity contribution in [1.82, 2.24) is 15.0 Å². The molecule has 0 spiro atoms. The topological polar surface area (TPSA) is 76.1 Å². The van der Waals surface area contributed by atoms with Gasteiger partial charge in [0.1, 0.15) is 11.5 Å². The van der Waals surface area contributed by atoms with Gasteiger partial charge in [-0.2, -0.15) is 5.26 Å². The highest BCUT2D eigenvalue weighted by Gasteiger charge is 2.13. The van der Waals surface area contributed by atoms with Gasteiger partial charge in [0.15, 0.2) is 23.2 Å². The number of hydrogen-bond donors (Lipinski definition) is 0. The van der Waals surface area contributed by atoms with Crippen LogP contribution in [0, 0.1) is 17.9 Å². The lowest BCUT2D eigenvalue weighted by atomic mass is 9.92. The predicted octanol–water partition coefficient (Wildman–Crippen LogP) is 12.1. The van der Waals surface area contributed by atoms with Crippen LogP contribution in [0.1, 0.15) is 5.56 Å². The molecule has 248 valence electrons. The highest BCUT2D eigenvalue weighted by molar-refractivity contribution is 5.82. The molecule has 1 heterocycles. The molecule has 0 aliphatic carbocycles. The zero-order valence-electron chi connectivity index (χ0n) is 28.4. The summed E-state index contributed by atoms with van der Waals surface area (Å²) in [6.07, 6.45) is 0. The Kier molecular flexibility index (Phi) is 9.00. The van der Waals surface area contributed by atoms with Gasteiger partial charge in [0.25, 0.3) is 0 Å². The molecule has 1 aromatic heterocycles. The number of nitriles is 1. The van der Waals surface area contributed by atoms with Crippen molar-refractivity contribution in [1.29, 1.82) is 5.26 Å². The van der Waals surface area contributed by atoms with Gasteiger partial charge in [-0.05, 0) is 106 Å². The molecule has 0 saturated carbocycles. The number of benzene rings is 7. The van der Waals surface area contributed by atoms with Crippen molar-refractivity contribution in [3.05, 3.63) is 193 Å². The fourth-order valence-electron chi connectivity index (χ4n) is 6.11. The average Bonchev–Trinajstić information content (AvgIpc) is 3.24. The van der Waals surface area contributed by atoms with E-state index in [1.165, 1.54) is 0 Å². The molecule has 53 heavy (non-hydrogen) atoms. The minimum Gasteiger partial charge on any atom is -0.457 e. The highest BCUT2D eigenvalue weighted by Crippen LogP contribution is 2.36. The smallest absolute Gasteiger partial charge is 0.187 e. The van der Waals surface area contributed by atoms with Crippen LogP contribution >= 0.6 is 0 Å². The molecule has 0 radical (unpaired) electrons. The Morgan fingerprint density at radius 3 is 1.36 bits per heavy atom. The number of nitrogens with zero attached hydrogens (tertiary/aromatic N) is 5. The van der Waals surface area contributed by atoms with E-state index in [9.17, 15) is 5.26 Å². The molecule has 8 aromatic rings. The summed E-state index contributed by atoms with van der Waals surface area (Å²) in [4.78, 5) is 18.1. The van der Waals surface area contributed by atoms with Crippen molar-refractivity contribution in [2.24, 2.45) is 0 Å². The fraction of sp³-hybridized carbons (Fsp3) is 0. The molecule has 0 aliphatic rings. The molecule has 6 heteroatoms. The largest absolute Gasteiger partial charge is 0.457 e. The van der Waals surface area contributed by atoms with Gasteiger partial charge in [-0.15, -0.1) is 0 Å². The van der Waals surface area contributed by atoms with Crippen molar-refractivity contribution in [3.8, 4) is 85.1 Å². The second-order valence-electron chi connectivity index (χ2n) is 12.3. The van der Waals surface area contributed by atoms with E-state index < -0.39 is 0 Å². The molecule has 6 nitrogen and oxygen atoms in total. The minimum atomic E-state index is 0.579. The van der Waals surface area contributed by atoms with Crippen molar-refractivity contribution in [2.75, 3.05) is 0 Å². The maximum Gasteiger partial charge on any atom is 0.187 e. The number of ether oxygens (including phenoxy) is 1. The zero-order chi connectivity index (χ0) is 36.0. The van der Waals surface area contributed by atoms with Crippen LogP contribution in [0.2, 0.25) is 0 Å². The first-order valence-corrected chi connectivity index (χ1v) is 17.0. The van der Waals surface area contributed by atoms with Crippen LogP contribution in [-0.2, 0) is 0 Å². The summed E-state index contributed by atoms with van der Waals surface area (Å²) < 4.78 is 6.27. The van der Waals surface area contributed by atoms with E-state index >= 15 is 0 Å². The minimum absolute atomic E-state index is 0.579. The Morgan fingerprint density at radius 1 is 0.415 bits per heavy atom. The fourth-order valence-corrected chi connectivity index (χ4v) is 6.11. The highest BCUT2D eigenvalue weighted by atomic mass is 16.5. The van der Waals surface area contributed by atoms with Gasteiger partial charge in [-0.25, -0.2) is 19.8 Å². The second kappa shape index (κ2) is 14.7. The van der Waals surface area contributed by atoms with Gasteiger partial charge in [-0.3, -0.25) is 0 Å². The van der Waals surface area contributed by atoms with Crippen LogP contribution in [0.5, 0.6) is 11.5 Å². The van der Waals surface area contributed by atoms with Gasteiger partial charge >= 0.3 is 0 Å².